The third-order valence-corrected chi connectivity index (χ3v) is 15.7. The first-order valence-corrected chi connectivity index (χ1v) is 26.5. The van der Waals surface area contributed by atoms with Crippen molar-refractivity contribution in [2.45, 2.75) is 0 Å². The molecule has 14 rings (SSSR count). The second-order valence-electron chi connectivity index (χ2n) is 20.0. The highest BCUT2D eigenvalue weighted by Gasteiger charge is 2.66. The third-order valence-electron chi connectivity index (χ3n) is 15.7. The third kappa shape index (κ3) is 7.84. The molecule has 76 heavy (non-hydrogen) atoms. The zero-order chi connectivity index (χ0) is 50.4. The summed E-state index contributed by atoms with van der Waals surface area (Å²) in [4.78, 5) is 0. The molecule has 0 spiro atoms. The summed E-state index contributed by atoms with van der Waals surface area (Å²) in [5.74, 6) is 0. The monoisotopic (exact) mass is 967 g/mol. The van der Waals surface area contributed by atoms with Crippen LogP contribution in [0.1, 0.15) is 0 Å². The minimum absolute atomic E-state index is 0.264. The Morgan fingerprint density at radius 2 is 0.474 bits per heavy atom. The first-order valence-electron chi connectivity index (χ1n) is 26.5. The smallest absolute Gasteiger partial charge is 0.422 e. The number of fused-ring (bicyclic) bond motifs is 7. The molecule has 354 valence electrons. The lowest BCUT2D eigenvalue weighted by Gasteiger charge is -2.65. The Kier molecular flexibility index (Phi) is 11.8. The molecule has 0 aliphatic carbocycles. The Bertz CT molecular complexity index is 3910. The molecule has 0 N–H and O–H groups in total. The highest BCUT2D eigenvalue weighted by atomic mass is 15.4. The Morgan fingerprint density at radius 3 is 0.855 bits per heavy atom. The van der Waals surface area contributed by atoms with E-state index in [4.69, 9.17) is 0 Å². The molecule has 2 heterocycles. The van der Waals surface area contributed by atoms with E-state index in [9.17, 15) is 0 Å². The number of para-hydroxylation sites is 3. The first kappa shape index (κ1) is 45.5. The SMILES string of the molecule is c1ccc(B2N3B(c4ccccc4)N(c4ccc(-c5ccc6c7ccccc7c7ccccc7c6c5)cc4)B(c4ccccc4)N(c4ccccc4)B3N(c3ccccc3)B(c3ccccc3)N2c2ccccc2)cc1. The Hall–Kier alpha value is -9.10. The van der Waals surface area contributed by atoms with Crippen molar-refractivity contribution in [3.05, 3.63) is 303 Å². The Balaban J connectivity index is 1.05. The van der Waals surface area contributed by atoms with E-state index >= 15 is 0 Å². The molecule has 0 atom stereocenters. The number of nitrogens with zero attached hydrogens (tertiary/aromatic N) is 5. The summed E-state index contributed by atoms with van der Waals surface area (Å²) in [5, 5.41) is 7.65. The van der Waals surface area contributed by atoms with Gasteiger partial charge in [-0.2, -0.15) is 0 Å². The predicted molar refractivity (Wildman–Crippen MR) is 329 cm³/mol. The van der Waals surface area contributed by atoms with Crippen molar-refractivity contribution in [3.63, 3.8) is 0 Å². The van der Waals surface area contributed by atoms with Gasteiger partial charge in [0.1, 0.15) is 0 Å². The quantitative estimate of drug-likeness (QED) is 0.106. The maximum absolute atomic E-state index is 2.79. The maximum atomic E-state index is 2.79. The van der Waals surface area contributed by atoms with Crippen molar-refractivity contribution in [3.8, 4) is 11.1 Å². The molecule has 2 aliphatic rings. The standard InChI is InChI=1S/C66H50B5N5/c1-8-26-53(27-9-1)67-72(57-34-16-5-17-35-57)69(55-30-12-3-13-31-55)76-70(56-32-14-4-15-33-56)73(68(54-28-10-2-11-29-54)75(59-38-20-7-21-39-59)71(76)74(67)58-36-18-6-19-37-58)60-47-44-51(45-48-60)52-46-49-65-63-42-23-22-40-61(63)62-41-24-25-43-64(62)66(65)50-52/h1-50H. The second-order valence-corrected chi connectivity index (χ2v) is 20.0. The normalized spacial score (nSPS) is 14.0. The van der Waals surface area contributed by atoms with Gasteiger partial charge in [0.15, 0.2) is 0 Å². The fourth-order valence-corrected chi connectivity index (χ4v) is 12.5. The van der Waals surface area contributed by atoms with Crippen LogP contribution in [0.2, 0.25) is 0 Å². The molecule has 0 unspecified atom stereocenters. The largest absolute Gasteiger partial charge is 0.428 e. The summed E-state index contributed by atoms with van der Waals surface area (Å²) >= 11 is 0. The second kappa shape index (κ2) is 19.6. The van der Waals surface area contributed by atoms with Gasteiger partial charge in [-0.3, -0.25) is 0 Å². The van der Waals surface area contributed by atoms with Crippen LogP contribution in [0.5, 0.6) is 0 Å². The molecule has 0 aromatic heterocycles. The van der Waals surface area contributed by atoms with Gasteiger partial charge in [0.2, 0.25) is 0 Å². The Morgan fingerprint density at radius 1 is 0.197 bits per heavy atom. The fraction of sp³-hybridized carbons (Fsp3) is 0. The van der Waals surface area contributed by atoms with Gasteiger partial charge in [-0.1, -0.05) is 249 Å². The number of benzene rings is 12. The van der Waals surface area contributed by atoms with Crippen LogP contribution in [0.3, 0.4) is 0 Å². The van der Waals surface area contributed by atoms with Crippen molar-refractivity contribution in [1.29, 1.82) is 0 Å². The predicted octanol–water partition coefficient (Wildman–Crippen LogP) is 12.0. The first-order chi connectivity index (χ1) is 37.8. The van der Waals surface area contributed by atoms with Crippen LogP contribution in [-0.4, -0.2) is 39.7 Å². The minimum Gasteiger partial charge on any atom is -0.422 e. The van der Waals surface area contributed by atoms with Gasteiger partial charge in [0.05, 0.1) is 0 Å². The van der Waals surface area contributed by atoms with E-state index in [1.807, 2.05) is 0 Å². The molecular weight excluding hydrogens is 917 g/mol. The van der Waals surface area contributed by atoms with Crippen LogP contribution in [-0.2, 0) is 0 Å². The van der Waals surface area contributed by atoms with E-state index in [1.54, 1.807) is 0 Å². The van der Waals surface area contributed by atoms with Crippen LogP contribution in [0.15, 0.2) is 303 Å². The van der Waals surface area contributed by atoms with Crippen LogP contribution in [0.25, 0.3) is 43.4 Å². The maximum Gasteiger partial charge on any atom is 0.428 e. The van der Waals surface area contributed by atoms with Gasteiger partial charge in [-0.25, -0.2) is 0 Å². The van der Waals surface area contributed by atoms with Crippen LogP contribution in [0.4, 0.5) is 22.7 Å². The van der Waals surface area contributed by atoms with Gasteiger partial charge in [0, 0.05) is 22.7 Å². The zero-order valence-electron chi connectivity index (χ0n) is 42.0. The number of rotatable bonds is 9. The number of anilines is 4. The molecule has 0 radical (unpaired) electrons. The lowest BCUT2D eigenvalue weighted by atomic mass is 9.30. The van der Waals surface area contributed by atoms with Crippen molar-refractivity contribution in [1.82, 2.24) is 4.63 Å². The van der Waals surface area contributed by atoms with Crippen LogP contribution < -0.4 is 40.7 Å². The molecule has 0 amide bonds. The number of hydrogen-bond donors (Lipinski definition) is 0. The van der Waals surface area contributed by atoms with Crippen molar-refractivity contribution in [2.24, 2.45) is 0 Å². The van der Waals surface area contributed by atoms with E-state index in [-0.39, 0.29) is 35.0 Å². The van der Waals surface area contributed by atoms with E-state index in [1.165, 1.54) is 65.3 Å². The fourth-order valence-electron chi connectivity index (χ4n) is 12.5. The summed E-state index contributed by atoms with van der Waals surface area (Å²) in [6, 6.07) is 112. The van der Waals surface area contributed by atoms with Gasteiger partial charge >= 0.3 is 35.0 Å². The summed E-state index contributed by atoms with van der Waals surface area (Å²) in [6.07, 6.45) is 0. The summed E-state index contributed by atoms with van der Waals surface area (Å²) in [5.41, 5.74) is 11.6. The summed E-state index contributed by atoms with van der Waals surface area (Å²) in [6.45, 7) is -1.18. The highest BCUT2D eigenvalue weighted by Crippen LogP contribution is 2.41. The van der Waals surface area contributed by atoms with E-state index in [2.05, 4.69) is 327 Å². The van der Waals surface area contributed by atoms with E-state index < -0.39 is 0 Å². The van der Waals surface area contributed by atoms with Crippen LogP contribution in [0, 0.1) is 0 Å². The molecule has 2 aliphatic heterocycles. The average Bonchev–Trinajstić information content (AvgIpc) is 3.62. The molecule has 12 aromatic rings. The van der Waals surface area contributed by atoms with Gasteiger partial charge in [0.25, 0.3) is 0 Å². The molecule has 10 heteroatoms. The lowest BCUT2D eigenvalue weighted by Crippen LogP contribution is -2.96. The van der Waals surface area contributed by atoms with Gasteiger partial charge in [-0.15, -0.1) is 0 Å². The summed E-state index contributed by atoms with van der Waals surface area (Å²) < 4.78 is 13.5. The van der Waals surface area contributed by atoms with E-state index in [0.29, 0.717) is 0 Å². The topological polar surface area (TPSA) is 16.2 Å². The van der Waals surface area contributed by atoms with Crippen molar-refractivity contribution >= 4 is 112 Å². The Labute approximate surface area is 447 Å². The molecular formula is C66H50B5N5. The molecule has 2 saturated heterocycles. The molecule has 0 bridgehead atoms. The van der Waals surface area contributed by atoms with Gasteiger partial charge in [-0.05, 0) is 120 Å². The van der Waals surface area contributed by atoms with Gasteiger partial charge < -0.3 is 23.5 Å². The number of hydrogen-bond acceptors (Lipinski definition) is 5. The summed E-state index contributed by atoms with van der Waals surface area (Å²) in [7, 11) is -0.366. The molecule has 0 saturated carbocycles. The van der Waals surface area contributed by atoms with Crippen molar-refractivity contribution in [2.75, 3.05) is 18.9 Å². The lowest BCUT2D eigenvalue weighted by molar-refractivity contribution is 0.923. The average molecular weight is 967 g/mol. The molecule has 5 nitrogen and oxygen atoms in total. The van der Waals surface area contributed by atoms with Crippen molar-refractivity contribution < 1.29 is 0 Å². The van der Waals surface area contributed by atoms with E-state index in [0.717, 1.165) is 22.7 Å². The van der Waals surface area contributed by atoms with Crippen LogP contribution >= 0.6 is 0 Å². The minimum atomic E-state index is -0.366. The zero-order valence-corrected chi connectivity index (χ0v) is 42.0. The molecule has 2 fully saturated rings. The molecule has 12 aromatic carbocycles. The highest BCUT2D eigenvalue weighted by molar-refractivity contribution is 7.20.